The van der Waals surface area contributed by atoms with Crippen LogP contribution in [0.1, 0.15) is 40.0 Å². The summed E-state index contributed by atoms with van der Waals surface area (Å²) >= 11 is 0. The van der Waals surface area contributed by atoms with Crippen LogP contribution in [0, 0.1) is 0 Å². The van der Waals surface area contributed by atoms with Crippen molar-refractivity contribution < 1.29 is 0 Å². The molecule has 0 unspecified atom stereocenters. The summed E-state index contributed by atoms with van der Waals surface area (Å²) in [6.45, 7) is 7.76. The van der Waals surface area contributed by atoms with Crippen molar-refractivity contribution in [3.8, 4) is 0 Å². The minimum absolute atomic E-state index is 0.736. The van der Waals surface area contributed by atoms with Gasteiger partial charge in [0.25, 0.3) is 0 Å². The Kier molecular flexibility index (Phi) is 7.17. The van der Waals surface area contributed by atoms with E-state index < -0.39 is 0 Å². The van der Waals surface area contributed by atoms with Crippen LogP contribution in [0.3, 0.4) is 0 Å². The summed E-state index contributed by atoms with van der Waals surface area (Å²) < 4.78 is 0. The lowest BCUT2D eigenvalue weighted by Crippen LogP contribution is -2.28. The van der Waals surface area contributed by atoms with E-state index in [9.17, 15) is 0 Å². The van der Waals surface area contributed by atoms with Gasteiger partial charge in [-0.15, -0.1) is 0 Å². The second kappa shape index (κ2) is 7.35. The maximum absolute atomic E-state index is 2.40. The van der Waals surface area contributed by atoms with Crippen molar-refractivity contribution in [1.29, 1.82) is 0 Å². The summed E-state index contributed by atoms with van der Waals surface area (Å²) in [5.74, 6) is 0. The zero-order valence-corrected chi connectivity index (χ0v) is 9.01. The van der Waals surface area contributed by atoms with E-state index in [1.54, 1.807) is 0 Å². The van der Waals surface area contributed by atoms with Crippen molar-refractivity contribution in [3.63, 3.8) is 0 Å². The number of rotatable bonds is 6. The lowest BCUT2D eigenvalue weighted by Gasteiger charge is -2.22. The Labute approximate surface area is 77.5 Å². The maximum atomic E-state index is 2.40. The molecule has 72 valence electrons. The smallest absolute Gasteiger partial charge is 0.00638 e. The zero-order valence-electron chi connectivity index (χ0n) is 9.01. The number of nitrogens with zero attached hydrogens (tertiary/aromatic N) is 1. The van der Waals surface area contributed by atoms with Crippen LogP contribution < -0.4 is 0 Å². The van der Waals surface area contributed by atoms with Crippen LogP contribution >= 0.6 is 0 Å². The van der Waals surface area contributed by atoms with Gasteiger partial charge in [-0.1, -0.05) is 19.1 Å². The van der Waals surface area contributed by atoms with Crippen LogP contribution in [0.2, 0.25) is 0 Å². The van der Waals surface area contributed by atoms with Crippen molar-refractivity contribution in [3.05, 3.63) is 12.2 Å². The van der Waals surface area contributed by atoms with Gasteiger partial charge in [0.05, 0.1) is 0 Å². The first-order chi connectivity index (χ1) is 5.72. The summed E-state index contributed by atoms with van der Waals surface area (Å²) in [6, 6.07) is 0.736. The molecule has 0 aliphatic heterocycles. The lowest BCUT2D eigenvalue weighted by atomic mass is 10.1. The van der Waals surface area contributed by atoms with Gasteiger partial charge in [0.15, 0.2) is 0 Å². The molecule has 0 aliphatic rings. The molecule has 0 aromatic heterocycles. The molecule has 0 saturated heterocycles. The highest BCUT2D eigenvalue weighted by Gasteiger charge is 2.04. The fourth-order valence-electron chi connectivity index (χ4n) is 1.23. The van der Waals surface area contributed by atoms with Crippen molar-refractivity contribution in [2.75, 3.05) is 13.6 Å². The first kappa shape index (κ1) is 11.7. The summed E-state index contributed by atoms with van der Waals surface area (Å²) in [5, 5.41) is 0. The molecule has 0 rings (SSSR count). The molecule has 0 spiro atoms. The standard InChI is InChI=1S/C11H23N/c1-5-7-8-9-10-11(3)12(4)6-2/h5,7,11H,6,8-10H2,1-4H3/b7-5+/t11-/m1/s1. The van der Waals surface area contributed by atoms with Gasteiger partial charge in [-0.3, -0.25) is 0 Å². The van der Waals surface area contributed by atoms with Crippen molar-refractivity contribution in [1.82, 2.24) is 4.90 Å². The molecule has 0 amide bonds. The van der Waals surface area contributed by atoms with Crippen LogP contribution in [0.4, 0.5) is 0 Å². The Balaban J connectivity index is 3.36. The highest BCUT2D eigenvalue weighted by Crippen LogP contribution is 2.06. The van der Waals surface area contributed by atoms with E-state index in [2.05, 4.69) is 44.9 Å². The van der Waals surface area contributed by atoms with Crippen LogP contribution in [0.25, 0.3) is 0 Å². The average molecular weight is 169 g/mol. The van der Waals surface area contributed by atoms with Crippen LogP contribution in [-0.4, -0.2) is 24.5 Å². The van der Waals surface area contributed by atoms with Gasteiger partial charge in [-0.25, -0.2) is 0 Å². The summed E-state index contributed by atoms with van der Waals surface area (Å²) in [6.07, 6.45) is 8.25. The van der Waals surface area contributed by atoms with Crippen molar-refractivity contribution in [2.24, 2.45) is 0 Å². The molecule has 0 fully saturated rings. The molecule has 1 atom stereocenters. The second-order valence-electron chi connectivity index (χ2n) is 3.42. The molecule has 12 heavy (non-hydrogen) atoms. The molecule has 1 heteroatoms. The monoisotopic (exact) mass is 169 g/mol. The number of hydrogen-bond donors (Lipinski definition) is 0. The Morgan fingerprint density at radius 1 is 1.42 bits per heavy atom. The molecule has 0 radical (unpaired) electrons. The third-order valence-corrected chi connectivity index (χ3v) is 2.48. The number of unbranched alkanes of at least 4 members (excludes halogenated alkanes) is 1. The molecule has 0 aromatic carbocycles. The van der Waals surface area contributed by atoms with E-state index in [0.29, 0.717) is 0 Å². The maximum Gasteiger partial charge on any atom is 0.00638 e. The first-order valence-corrected chi connectivity index (χ1v) is 5.03. The van der Waals surface area contributed by atoms with Gasteiger partial charge in [-0.05, 0) is 46.7 Å². The van der Waals surface area contributed by atoms with Crippen molar-refractivity contribution in [2.45, 2.75) is 46.1 Å². The minimum Gasteiger partial charge on any atom is -0.304 e. The topological polar surface area (TPSA) is 3.24 Å². The molecular formula is C11H23N. The predicted octanol–water partition coefficient (Wildman–Crippen LogP) is 3.07. The highest BCUT2D eigenvalue weighted by atomic mass is 15.1. The number of hydrogen-bond acceptors (Lipinski definition) is 1. The minimum atomic E-state index is 0.736. The van der Waals surface area contributed by atoms with E-state index in [-0.39, 0.29) is 0 Å². The molecular weight excluding hydrogens is 146 g/mol. The predicted molar refractivity (Wildman–Crippen MR) is 56.4 cm³/mol. The van der Waals surface area contributed by atoms with E-state index in [1.807, 2.05) is 0 Å². The van der Waals surface area contributed by atoms with Gasteiger partial charge < -0.3 is 4.90 Å². The SMILES string of the molecule is C/C=C/CCC[C@@H](C)N(C)CC. The molecule has 1 nitrogen and oxygen atoms in total. The summed E-state index contributed by atoms with van der Waals surface area (Å²) in [4.78, 5) is 2.40. The van der Waals surface area contributed by atoms with E-state index in [0.717, 1.165) is 12.6 Å². The van der Waals surface area contributed by atoms with Crippen LogP contribution in [-0.2, 0) is 0 Å². The van der Waals surface area contributed by atoms with Gasteiger partial charge in [0.2, 0.25) is 0 Å². The van der Waals surface area contributed by atoms with Crippen LogP contribution in [0.5, 0.6) is 0 Å². The van der Waals surface area contributed by atoms with E-state index in [4.69, 9.17) is 0 Å². The fraction of sp³-hybridized carbons (Fsp3) is 0.818. The van der Waals surface area contributed by atoms with E-state index >= 15 is 0 Å². The third kappa shape index (κ3) is 5.36. The molecule has 0 bridgehead atoms. The Morgan fingerprint density at radius 2 is 2.08 bits per heavy atom. The molecule has 0 aliphatic carbocycles. The molecule has 0 heterocycles. The Hall–Kier alpha value is -0.300. The molecule has 0 aromatic rings. The van der Waals surface area contributed by atoms with Gasteiger partial charge >= 0.3 is 0 Å². The second-order valence-corrected chi connectivity index (χ2v) is 3.42. The zero-order chi connectivity index (χ0) is 9.40. The fourth-order valence-corrected chi connectivity index (χ4v) is 1.23. The molecule has 0 N–H and O–H groups in total. The number of allylic oxidation sites excluding steroid dienone is 2. The lowest BCUT2D eigenvalue weighted by molar-refractivity contribution is 0.255. The van der Waals surface area contributed by atoms with Gasteiger partial charge in [0, 0.05) is 6.04 Å². The quantitative estimate of drug-likeness (QED) is 0.436. The first-order valence-electron chi connectivity index (χ1n) is 5.03. The van der Waals surface area contributed by atoms with E-state index in [1.165, 1.54) is 19.3 Å². The normalized spacial score (nSPS) is 14.4. The largest absolute Gasteiger partial charge is 0.304 e. The highest BCUT2D eigenvalue weighted by molar-refractivity contribution is 4.77. The van der Waals surface area contributed by atoms with Gasteiger partial charge in [-0.2, -0.15) is 0 Å². The summed E-state index contributed by atoms with van der Waals surface area (Å²) in [7, 11) is 2.19. The summed E-state index contributed by atoms with van der Waals surface area (Å²) in [5.41, 5.74) is 0. The van der Waals surface area contributed by atoms with Gasteiger partial charge in [0.1, 0.15) is 0 Å². The van der Waals surface area contributed by atoms with Crippen LogP contribution in [0.15, 0.2) is 12.2 Å². The average Bonchev–Trinajstić information content (AvgIpc) is 2.10. The Bertz CT molecular complexity index is 118. The third-order valence-electron chi connectivity index (χ3n) is 2.48. The van der Waals surface area contributed by atoms with Crippen molar-refractivity contribution >= 4 is 0 Å². The Morgan fingerprint density at radius 3 is 2.58 bits per heavy atom. The molecule has 0 saturated carbocycles.